The number of ether oxygens (including phenoxy) is 2. The van der Waals surface area contributed by atoms with Crippen molar-refractivity contribution in [2.24, 2.45) is 0 Å². The van der Waals surface area contributed by atoms with E-state index >= 15 is 0 Å². The Morgan fingerprint density at radius 2 is 1.75 bits per heavy atom. The van der Waals surface area contributed by atoms with Gasteiger partial charge in [0.1, 0.15) is 0 Å². The molecule has 2 atom stereocenters. The molecule has 0 amide bonds. The molecule has 1 heterocycles. The van der Waals surface area contributed by atoms with Gasteiger partial charge in [0, 0.05) is 38.4 Å². The predicted octanol–water partition coefficient (Wildman–Crippen LogP) is 2.28. The molecule has 20 heavy (non-hydrogen) atoms. The van der Waals surface area contributed by atoms with Crippen LogP contribution >= 0.6 is 0 Å². The Balaban J connectivity index is 2.33. The fraction of sp³-hybridized carbons (Fsp3) is 1.00. The molecule has 4 heteroatoms. The summed E-state index contributed by atoms with van der Waals surface area (Å²) in [6.45, 7) is 12.9. The van der Waals surface area contributed by atoms with E-state index in [4.69, 9.17) is 9.47 Å². The number of nitrogens with one attached hydrogen (secondary N) is 1. The minimum absolute atomic E-state index is 0.589. The Hall–Kier alpha value is -0.160. The third kappa shape index (κ3) is 7.58. The van der Waals surface area contributed by atoms with E-state index < -0.39 is 0 Å². The van der Waals surface area contributed by atoms with Gasteiger partial charge < -0.3 is 14.8 Å². The van der Waals surface area contributed by atoms with Crippen molar-refractivity contribution in [1.82, 2.24) is 10.2 Å². The van der Waals surface area contributed by atoms with E-state index in [-0.39, 0.29) is 0 Å². The molecule has 0 radical (unpaired) electrons. The van der Waals surface area contributed by atoms with Crippen molar-refractivity contribution < 1.29 is 9.47 Å². The first-order valence-corrected chi connectivity index (χ1v) is 8.40. The normalized spacial score (nSPS) is 21.3. The summed E-state index contributed by atoms with van der Waals surface area (Å²) in [7, 11) is 0. The zero-order chi connectivity index (χ0) is 14.6. The lowest BCUT2D eigenvalue weighted by molar-refractivity contribution is 0.0612. The highest BCUT2D eigenvalue weighted by atomic mass is 16.5. The van der Waals surface area contributed by atoms with Crippen LogP contribution in [0.3, 0.4) is 0 Å². The Morgan fingerprint density at radius 3 is 2.25 bits per heavy atom. The third-order valence-electron chi connectivity index (χ3n) is 4.12. The van der Waals surface area contributed by atoms with Crippen molar-refractivity contribution >= 4 is 0 Å². The second-order valence-corrected chi connectivity index (χ2v) is 5.66. The van der Waals surface area contributed by atoms with Gasteiger partial charge in [0.05, 0.1) is 13.2 Å². The molecule has 120 valence electrons. The average Bonchev–Trinajstić information content (AvgIpc) is 2.47. The Kier molecular flexibility index (Phi) is 10.3. The maximum absolute atomic E-state index is 5.51. The molecule has 0 spiro atoms. The molecule has 1 aliphatic heterocycles. The van der Waals surface area contributed by atoms with Gasteiger partial charge in [0.15, 0.2) is 0 Å². The van der Waals surface area contributed by atoms with E-state index in [9.17, 15) is 0 Å². The van der Waals surface area contributed by atoms with Crippen LogP contribution in [0.2, 0.25) is 0 Å². The van der Waals surface area contributed by atoms with E-state index in [0.29, 0.717) is 12.1 Å². The van der Waals surface area contributed by atoms with Crippen molar-refractivity contribution in [2.45, 2.75) is 58.5 Å². The molecule has 0 saturated carbocycles. The molecule has 1 N–H and O–H groups in total. The van der Waals surface area contributed by atoms with Crippen LogP contribution in [0.5, 0.6) is 0 Å². The van der Waals surface area contributed by atoms with Crippen LogP contribution in [0, 0.1) is 0 Å². The van der Waals surface area contributed by atoms with Gasteiger partial charge in [-0.1, -0.05) is 6.42 Å². The molecule has 0 aromatic heterocycles. The van der Waals surface area contributed by atoms with E-state index in [1.165, 1.54) is 32.2 Å². The van der Waals surface area contributed by atoms with Gasteiger partial charge in [0.25, 0.3) is 0 Å². The van der Waals surface area contributed by atoms with Crippen LogP contribution in [-0.4, -0.2) is 63.0 Å². The number of hydrogen-bond acceptors (Lipinski definition) is 4. The van der Waals surface area contributed by atoms with Crippen LogP contribution in [0.4, 0.5) is 0 Å². The molecule has 0 aromatic rings. The highest BCUT2D eigenvalue weighted by molar-refractivity contribution is 4.78. The lowest BCUT2D eigenvalue weighted by Gasteiger charge is -2.33. The number of piperidine rings is 1. The van der Waals surface area contributed by atoms with Crippen LogP contribution in [0.1, 0.15) is 46.5 Å². The van der Waals surface area contributed by atoms with Crippen molar-refractivity contribution in [3.8, 4) is 0 Å². The Bertz CT molecular complexity index is 211. The van der Waals surface area contributed by atoms with Crippen molar-refractivity contribution in [3.05, 3.63) is 0 Å². The van der Waals surface area contributed by atoms with Crippen LogP contribution in [-0.2, 0) is 9.47 Å². The molecular weight excluding hydrogens is 252 g/mol. The maximum atomic E-state index is 5.51. The highest BCUT2D eigenvalue weighted by Gasteiger charge is 2.20. The summed E-state index contributed by atoms with van der Waals surface area (Å²) in [4.78, 5) is 2.52. The highest BCUT2D eigenvalue weighted by Crippen LogP contribution is 2.15. The topological polar surface area (TPSA) is 33.7 Å². The first kappa shape index (κ1) is 17.9. The molecule has 0 aliphatic carbocycles. The maximum Gasteiger partial charge on any atom is 0.0593 e. The monoisotopic (exact) mass is 286 g/mol. The lowest BCUT2D eigenvalue weighted by atomic mass is 9.98. The molecular formula is C16H34N2O2. The molecule has 1 saturated heterocycles. The first-order chi connectivity index (χ1) is 9.77. The molecule has 1 fully saturated rings. The van der Waals surface area contributed by atoms with Gasteiger partial charge >= 0.3 is 0 Å². The van der Waals surface area contributed by atoms with Gasteiger partial charge in [-0.15, -0.1) is 0 Å². The first-order valence-electron chi connectivity index (χ1n) is 8.40. The zero-order valence-electron chi connectivity index (χ0n) is 13.7. The second-order valence-electron chi connectivity index (χ2n) is 5.66. The van der Waals surface area contributed by atoms with E-state index in [1.807, 2.05) is 0 Å². The summed E-state index contributed by atoms with van der Waals surface area (Å²) in [5, 5.41) is 3.65. The quantitative estimate of drug-likeness (QED) is 0.591. The summed E-state index contributed by atoms with van der Waals surface area (Å²) in [5.41, 5.74) is 0. The summed E-state index contributed by atoms with van der Waals surface area (Å²) in [6, 6.07) is 1.28. The smallest absolute Gasteiger partial charge is 0.0593 e. The molecule has 1 aliphatic rings. The minimum Gasteiger partial charge on any atom is -0.380 e. The zero-order valence-corrected chi connectivity index (χ0v) is 13.7. The van der Waals surface area contributed by atoms with Crippen LogP contribution < -0.4 is 5.32 Å². The SMILES string of the molecule is CCOCCN(CCOCC)C(C)CC1CCCCN1. The predicted molar refractivity (Wildman–Crippen MR) is 84.3 cm³/mol. The van der Waals surface area contributed by atoms with Gasteiger partial charge in [-0.05, 0) is 46.6 Å². The molecule has 0 aromatic carbocycles. The Labute approximate surface area is 125 Å². The van der Waals surface area contributed by atoms with E-state index in [0.717, 1.165) is 39.5 Å². The summed E-state index contributed by atoms with van der Waals surface area (Å²) >= 11 is 0. The van der Waals surface area contributed by atoms with Crippen molar-refractivity contribution in [3.63, 3.8) is 0 Å². The lowest BCUT2D eigenvalue weighted by Crippen LogP contribution is -2.44. The standard InChI is InChI=1S/C16H34N2O2/c1-4-19-12-10-18(11-13-20-5-2)15(3)14-16-8-6-7-9-17-16/h15-17H,4-14H2,1-3H3. The molecule has 4 nitrogen and oxygen atoms in total. The minimum atomic E-state index is 0.589. The number of nitrogens with zero attached hydrogens (tertiary/aromatic N) is 1. The molecule has 2 unspecified atom stereocenters. The average molecular weight is 286 g/mol. The molecule has 1 rings (SSSR count). The fourth-order valence-electron chi connectivity index (χ4n) is 2.89. The van der Waals surface area contributed by atoms with Crippen LogP contribution in [0.25, 0.3) is 0 Å². The van der Waals surface area contributed by atoms with Gasteiger partial charge in [-0.3, -0.25) is 4.90 Å². The van der Waals surface area contributed by atoms with Crippen molar-refractivity contribution in [2.75, 3.05) is 46.1 Å². The Morgan fingerprint density at radius 1 is 1.10 bits per heavy atom. The third-order valence-corrected chi connectivity index (χ3v) is 4.12. The summed E-state index contributed by atoms with van der Waals surface area (Å²) in [5.74, 6) is 0. The van der Waals surface area contributed by atoms with Crippen molar-refractivity contribution in [1.29, 1.82) is 0 Å². The van der Waals surface area contributed by atoms with E-state index in [2.05, 4.69) is 31.0 Å². The number of rotatable bonds is 11. The second kappa shape index (κ2) is 11.5. The largest absolute Gasteiger partial charge is 0.380 e. The number of hydrogen-bond donors (Lipinski definition) is 1. The van der Waals surface area contributed by atoms with Crippen LogP contribution in [0.15, 0.2) is 0 Å². The fourth-order valence-corrected chi connectivity index (χ4v) is 2.89. The van der Waals surface area contributed by atoms with Gasteiger partial charge in [0.2, 0.25) is 0 Å². The van der Waals surface area contributed by atoms with E-state index in [1.54, 1.807) is 0 Å². The summed E-state index contributed by atoms with van der Waals surface area (Å²) in [6.07, 6.45) is 5.28. The summed E-state index contributed by atoms with van der Waals surface area (Å²) < 4.78 is 11.0. The van der Waals surface area contributed by atoms with Gasteiger partial charge in [-0.25, -0.2) is 0 Å². The van der Waals surface area contributed by atoms with Gasteiger partial charge in [-0.2, -0.15) is 0 Å². The molecule has 0 bridgehead atoms.